The summed E-state index contributed by atoms with van der Waals surface area (Å²) in [6, 6.07) is 11.8. The van der Waals surface area contributed by atoms with Crippen LogP contribution < -0.4 is 4.90 Å². The van der Waals surface area contributed by atoms with E-state index >= 15 is 0 Å². The molecular formula is C17H18FNO2. The van der Waals surface area contributed by atoms with E-state index in [9.17, 15) is 9.18 Å². The summed E-state index contributed by atoms with van der Waals surface area (Å²) in [4.78, 5) is 13.0. The Hall–Kier alpha value is -2.36. The number of carboxylic acids is 1. The zero-order valence-electron chi connectivity index (χ0n) is 12.1. The Morgan fingerprint density at radius 3 is 2.62 bits per heavy atom. The summed E-state index contributed by atoms with van der Waals surface area (Å²) in [5, 5.41) is 9.01. The number of benzene rings is 2. The van der Waals surface area contributed by atoms with Crippen LogP contribution in [0.3, 0.4) is 0 Å². The lowest BCUT2D eigenvalue weighted by Gasteiger charge is -2.24. The van der Waals surface area contributed by atoms with Crippen molar-refractivity contribution in [3.63, 3.8) is 0 Å². The second-order valence-electron chi connectivity index (χ2n) is 4.96. The van der Waals surface area contributed by atoms with Crippen LogP contribution in [0.5, 0.6) is 0 Å². The summed E-state index contributed by atoms with van der Waals surface area (Å²) in [6.07, 6.45) is 0. The second-order valence-corrected chi connectivity index (χ2v) is 4.96. The number of nitrogens with zero attached hydrogens (tertiary/aromatic N) is 1. The standard InChI is InChI=1S/C17H18FNO2/c1-3-19(15-6-4-5-12(2)9-15)11-14-10-13(17(20)21)7-8-16(14)18/h4-10H,3,11H2,1-2H3,(H,20,21). The van der Waals surface area contributed by atoms with E-state index in [1.807, 2.05) is 43.0 Å². The maximum Gasteiger partial charge on any atom is 0.335 e. The van der Waals surface area contributed by atoms with Crippen molar-refractivity contribution in [1.29, 1.82) is 0 Å². The predicted octanol–water partition coefficient (Wildman–Crippen LogP) is 3.86. The monoisotopic (exact) mass is 287 g/mol. The Morgan fingerprint density at radius 2 is 2.00 bits per heavy atom. The molecule has 0 aliphatic rings. The minimum atomic E-state index is -1.05. The van der Waals surface area contributed by atoms with Gasteiger partial charge in [0.05, 0.1) is 5.56 Å². The van der Waals surface area contributed by atoms with Gasteiger partial charge in [0.1, 0.15) is 5.82 Å². The SMILES string of the molecule is CCN(Cc1cc(C(=O)O)ccc1F)c1cccc(C)c1. The molecule has 0 saturated carbocycles. The highest BCUT2D eigenvalue weighted by Crippen LogP contribution is 2.20. The van der Waals surface area contributed by atoms with Crippen molar-refractivity contribution >= 4 is 11.7 Å². The highest BCUT2D eigenvalue weighted by molar-refractivity contribution is 5.87. The van der Waals surface area contributed by atoms with Gasteiger partial charge in [-0.05, 0) is 49.7 Å². The molecule has 0 heterocycles. The Morgan fingerprint density at radius 1 is 1.24 bits per heavy atom. The average Bonchev–Trinajstić information content (AvgIpc) is 2.46. The van der Waals surface area contributed by atoms with Crippen LogP contribution in [-0.4, -0.2) is 17.6 Å². The first-order chi connectivity index (χ1) is 10.0. The molecule has 2 aromatic carbocycles. The average molecular weight is 287 g/mol. The first-order valence-corrected chi connectivity index (χ1v) is 6.84. The number of aryl methyl sites for hydroxylation is 1. The third kappa shape index (κ3) is 3.60. The third-order valence-electron chi connectivity index (χ3n) is 3.40. The summed E-state index contributed by atoms with van der Waals surface area (Å²) in [5.41, 5.74) is 2.62. The molecule has 0 unspecified atom stereocenters. The number of aromatic carboxylic acids is 1. The first kappa shape index (κ1) is 15.0. The molecular weight excluding hydrogens is 269 g/mol. The van der Waals surface area contributed by atoms with Crippen LogP contribution in [0.1, 0.15) is 28.4 Å². The quantitative estimate of drug-likeness (QED) is 0.907. The molecule has 0 amide bonds. The van der Waals surface area contributed by atoms with E-state index < -0.39 is 5.97 Å². The fourth-order valence-electron chi connectivity index (χ4n) is 2.24. The lowest BCUT2D eigenvalue weighted by atomic mass is 10.1. The van der Waals surface area contributed by atoms with Gasteiger partial charge in [-0.15, -0.1) is 0 Å². The van der Waals surface area contributed by atoms with Crippen LogP contribution >= 0.6 is 0 Å². The van der Waals surface area contributed by atoms with Crippen LogP contribution in [-0.2, 0) is 6.54 Å². The number of carboxylic acid groups (broad SMARTS) is 1. The van der Waals surface area contributed by atoms with Crippen LogP contribution in [0.15, 0.2) is 42.5 Å². The molecule has 4 heteroatoms. The molecule has 110 valence electrons. The molecule has 21 heavy (non-hydrogen) atoms. The Labute approximate surface area is 123 Å². The topological polar surface area (TPSA) is 40.5 Å². The number of hydrogen-bond acceptors (Lipinski definition) is 2. The van der Waals surface area contributed by atoms with Crippen molar-refractivity contribution in [2.75, 3.05) is 11.4 Å². The van der Waals surface area contributed by atoms with Gasteiger partial charge in [-0.25, -0.2) is 9.18 Å². The lowest BCUT2D eigenvalue weighted by molar-refractivity contribution is 0.0696. The van der Waals surface area contributed by atoms with Crippen molar-refractivity contribution in [3.05, 3.63) is 65.0 Å². The lowest BCUT2D eigenvalue weighted by Crippen LogP contribution is -2.23. The van der Waals surface area contributed by atoms with Crippen molar-refractivity contribution < 1.29 is 14.3 Å². The van der Waals surface area contributed by atoms with Crippen molar-refractivity contribution in [2.24, 2.45) is 0 Å². The van der Waals surface area contributed by atoms with E-state index in [-0.39, 0.29) is 11.4 Å². The van der Waals surface area contributed by atoms with E-state index in [1.54, 1.807) is 0 Å². The smallest absolute Gasteiger partial charge is 0.335 e. The van der Waals surface area contributed by atoms with E-state index in [2.05, 4.69) is 0 Å². The third-order valence-corrected chi connectivity index (χ3v) is 3.40. The van der Waals surface area contributed by atoms with Crippen LogP contribution in [0.2, 0.25) is 0 Å². The highest BCUT2D eigenvalue weighted by atomic mass is 19.1. The van der Waals surface area contributed by atoms with Gasteiger partial charge in [0, 0.05) is 24.3 Å². The van der Waals surface area contributed by atoms with Crippen molar-refractivity contribution in [3.8, 4) is 0 Å². The summed E-state index contributed by atoms with van der Waals surface area (Å²) in [7, 11) is 0. The molecule has 0 radical (unpaired) electrons. The molecule has 3 nitrogen and oxygen atoms in total. The zero-order valence-corrected chi connectivity index (χ0v) is 12.1. The molecule has 2 rings (SSSR count). The number of rotatable bonds is 5. The highest BCUT2D eigenvalue weighted by Gasteiger charge is 2.12. The summed E-state index contributed by atoms with van der Waals surface area (Å²) < 4.78 is 13.9. The van der Waals surface area contributed by atoms with Gasteiger partial charge in [0.2, 0.25) is 0 Å². The van der Waals surface area contributed by atoms with Crippen molar-refractivity contribution in [1.82, 2.24) is 0 Å². The van der Waals surface area contributed by atoms with Gasteiger partial charge >= 0.3 is 5.97 Å². The number of hydrogen-bond donors (Lipinski definition) is 1. The van der Waals surface area contributed by atoms with Gasteiger partial charge in [0.25, 0.3) is 0 Å². The maximum atomic E-state index is 13.9. The summed E-state index contributed by atoms with van der Waals surface area (Å²) in [6.45, 7) is 5.04. The number of carbonyl (C=O) groups is 1. The Bertz CT molecular complexity index is 655. The van der Waals surface area contributed by atoms with E-state index in [0.717, 1.165) is 11.3 Å². The zero-order chi connectivity index (χ0) is 15.4. The van der Waals surface area contributed by atoms with Gasteiger partial charge in [-0.3, -0.25) is 0 Å². The summed E-state index contributed by atoms with van der Waals surface area (Å²) >= 11 is 0. The van der Waals surface area contributed by atoms with E-state index in [1.165, 1.54) is 18.2 Å². The van der Waals surface area contributed by atoms with E-state index in [4.69, 9.17) is 5.11 Å². The maximum absolute atomic E-state index is 13.9. The fourth-order valence-corrected chi connectivity index (χ4v) is 2.24. The van der Waals surface area contributed by atoms with E-state index in [0.29, 0.717) is 18.7 Å². The number of halogens is 1. The largest absolute Gasteiger partial charge is 0.478 e. The van der Waals surface area contributed by atoms with Crippen LogP contribution in [0.4, 0.5) is 10.1 Å². The number of anilines is 1. The molecule has 0 aliphatic heterocycles. The molecule has 0 aliphatic carbocycles. The molecule has 0 atom stereocenters. The normalized spacial score (nSPS) is 10.4. The van der Waals surface area contributed by atoms with Gasteiger partial charge in [-0.2, -0.15) is 0 Å². The predicted molar refractivity (Wildman–Crippen MR) is 81.3 cm³/mol. The molecule has 2 aromatic rings. The van der Waals surface area contributed by atoms with Crippen LogP contribution in [0.25, 0.3) is 0 Å². The fraction of sp³-hybridized carbons (Fsp3) is 0.235. The van der Waals surface area contributed by atoms with Gasteiger partial charge in [0.15, 0.2) is 0 Å². The minimum absolute atomic E-state index is 0.103. The van der Waals surface area contributed by atoms with Gasteiger partial charge < -0.3 is 10.0 Å². The molecule has 0 aromatic heterocycles. The Balaban J connectivity index is 2.30. The first-order valence-electron chi connectivity index (χ1n) is 6.84. The molecule has 0 saturated heterocycles. The second kappa shape index (κ2) is 6.39. The van der Waals surface area contributed by atoms with Crippen molar-refractivity contribution in [2.45, 2.75) is 20.4 Å². The minimum Gasteiger partial charge on any atom is -0.478 e. The molecule has 0 fully saturated rings. The molecule has 0 spiro atoms. The molecule has 0 bridgehead atoms. The Kier molecular flexibility index (Phi) is 4.58. The molecule has 1 N–H and O–H groups in total. The van der Waals surface area contributed by atoms with Crippen LogP contribution in [0, 0.1) is 12.7 Å². The van der Waals surface area contributed by atoms with Gasteiger partial charge in [-0.1, -0.05) is 12.1 Å². The summed E-state index contributed by atoms with van der Waals surface area (Å²) in [5.74, 6) is -1.43.